The summed E-state index contributed by atoms with van der Waals surface area (Å²) in [6, 6.07) is 3.51. The number of benzene rings is 1. The first-order chi connectivity index (χ1) is 5.65. The van der Waals surface area contributed by atoms with Gasteiger partial charge in [-0.15, -0.1) is 0 Å². The fraction of sp³-hybridized carbons (Fsp3) is 0.250. The molecule has 0 radical (unpaired) electrons. The molecule has 0 aliphatic rings. The summed E-state index contributed by atoms with van der Waals surface area (Å²) in [6.45, 7) is 0.501. The van der Waals surface area contributed by atoms with Crippen LogP contribution in [0.25, 0.3) is 0 Å². The maximum Gasteiger partial charge on any atom is 0.0725 e. The van der Waals surface area contributed by atoms with E-state index in [2.05, 4.69) is 15.9 Å². The van der Waals surface area contributed by atoms with Crippen LogP contribution in [0.4, 0.5) is 0 Å². The first-order valence-corrected chi connectivity index (χ1v) is 4.82. The average molecular weight is 270 g/mol. The van der Waals surface area contributed by atoms with Crippen LogP contribution in [0.15, 0.2) is 16.6 Å². The monoisotopic (exact) mass is 268 g/mol. The van der Waals surface area contributed by atoms with Gasteiger partial charge < -0.3 is 4.74 Å². The van der Waals surface area contributed by atoms with E-state index in [1.807, 2.05) is 6.07 Å². The summed E-state index contributed by atoms with van der Waals surface area (Å²) < 4.78 is 5.81. The van der Waals surface area contributed by atoms with Crippen molar-refractivity contribution in [2.24, 2.45) is 0 Å². The lowest BCUT2D eigenvalue weighted by atomic mass is 10.2. The molecule has 1 aromatic carbocycles. The van der Waals surface area contributed by atoms with E-state index in [-0.39, 0.29) is 0 Å². The molecule has 0 aliphatic carbocycles. The third-order valence-electron chi connectivity index (χ3n) is 1.37. The van der Waals surface area contributed by atoms with Crippen LogP contribution in [-0.4, -0.2) is 7.11 Å². The van der Waals surface area contributed by atoms with E-state index >= 15 is 0 Å². The van der Waals surface area contributed by atoms with E-state index in [1.165, 1.54) is 0 Å². The van der Waals surface area contributed by atoms with Crippen LogP contribution < -0.4 is 0 Å². The van der Waals surface area contributed by atoms with Gasteiger partial charge in [-0.2, -0.15) is 0 Å². The molecular weight excluding hydrogens is 263 g/mol. The highest BCUT2D eigenvalue weighted by atomic mass is 79.9. The SMILES string of the molecule is COCc1cc(Cl)cc(Cl)c1Br. The summed E-state index contributed by atoms with van der Waals surface area (Å²) in [5.74, 6) is 0. The second-order valence-corrected chi connectivity index (χ2v) is 3.93. The first kappa shape index (κ1) is 10.3. The van der Waals surface area contributed by atoms with Gasteiger partial charge in [-0.05, 0) is 33.6 Å². The third-order valence-corrected chi connectivity index (χ3v) is 3.05. The normalized spacial score (nSPS) is 10.3. The molecule has 66 valence electrons. The van der Waals surface area contributed by atoms with E-state index in [1.54, 1.807) is 13.2 Å². The number of hydrogen-bond acceptors (Lipinski definition) is 1. The molecule has 0 N–H and O–H groups in total. The molecule has 0 amide bonds. The van der Waals surface area contributed by atoms with Crippen LogP contribution in [0, 0.1) is 0 Å². The second-order valence-electron chi connectivity index (χ2n) is 2.29. The van der Waals surface area contributed by atoms with Crippen molar-refractivity contribution >= 4 is 39.1 Å². The highest BCUT2D eigenvalue weighted by Crippen LogP contribution is 2.30. The van der Waals surface area contributed by atoms with Crippen LogP contribution in [-0.2, 0) is 11.3 Å². The molecule has 0 saturated carbocycles. The lowest BCUT2D eigenvalue weighted by Crippen LogP contribution is -1.89. The Morgan fingerprint density at radius 1 is 1.42 bits per heavy atom. The van der Waals surface area contributed by atoms with Gasteiger partial charge in [0.25, 0.3) is 0 Å². The van der Waals surface area contributed by atoms with E-state index in [4.69, 9.17) is 27.9 Å². The van der Waals surface area contributed by atoms with E-state index in [0.717, 1.165) is 10.0 Å². The average Bonchev–Trinajstić information content (AvgIpc) is 2.00. The van der Waals surface area contributed by atoms with Crippen molar-refractivity contribution in [1.82, 2.24) is 0 Å². The summed E-state index contributed by atoms with van der Waals surface area (Å²) in [5.41, 5.74) is 0.954. The molecular formula is C8H7BrCl2O. The molecule has 0 saturated heterocycles. The van der Waals surface area contributed by atoms with Gasteiger partial charge in [-0.1, -0.05) is 23.2 Å². The number of hydrogen-bond donors (Lipinski definition) is 0. The van der Waals surface area contributed by atoms with E-state index < -0.39 is 0 Å². The standard InChI is InChI=1S/C8H7BrCl2O/c1-12-4-5-2-6(10)3-7(11)8(5)9/h2-3H,4H2,1H3. The van der Waals surface area contributed by atoms with Gasteiger partial charge in [0.2, 0.25) is 0 Å². The predicted octanol–water partition coefficient (Wildman–Crippen LogP) is 3.90. The van der Waals surface area contributed by atoms with Gasteiger partial charge in [0.05, 0.1) is 11.6 Å². The van der Waals surface area contributed by atoms with Crippen molar-refractivity contribution in [3.05, 3.63) is 32.2 Å². The molecule has 1 rings (SSSR count). The van der Waals surface area contributed by atoms with Crippen molar-refractivity contribution in [3.8, 4) is 0 Å². The summed E-state index contributed by atoms with van der Waals surface area (Å²) in [6.07, 6.45) is 0. The Hall–Kier alpha value is 0.240. The number of halogens is 3. The van der Waals surface area contributed by atoms with Crippen molar-refractivity contribution < 1.29 is 4.74 Å². The Bertz CT molecular complexity index is 289. The Balaban J connectivity index is 3.09. The molecule has 4 heteroatoms. The van der Waals surface area contributed by atoms with Crippen molar-refractivity contribution in [1.29, 1.82) is 0 Å². The lowest BCUT2D eigenvalue weighted by Gasteiger charge is -2.05. The molecule has 0 fully saturated rings. The molecule has 0 unspecified atom stereocenters. The maximum atomic E-state index is 5.87. The van der Waals surface area contributed by atoms with Crippen LogP contribution in [0.5, 0.6) is 0 Å². The fourth-order valence-corrected chi connectivity index (χ4v) is 1.75. The van der Waals surface area contributed by atoms with Crippen LogP contribution in [0.2, 0.25) is 10.0 Å². The topological polar surface area (TPSA) is 9.23 Å². The minimum absolute atomic E-state index is 0.501. The summed E-state index contributed by atoms with van der Waals surface area (Å²) in [7, 11) is 1.63. The molecule has 0 heterocycles. The Kier molecular flexibility index (Phi) is 3.84. The van der Waals surface area contributed by atoms with E-state index in [9.17, 15) is 0 Å². The number of methoxy groups -OCH3 is 1. The van der Waals surface area contributed by atoms with Crippen molar-refractivity contribution in [3.63, 3.8) is 0 Å². The van der Waals surface area contributed by atoms with Crippen LogP contribution in [0.1, 0.15) is 5.56 Å². The minimum atomic E-state index is 0.501. The van der Waals surface area contributed by atoms with Crippen LogP contribution >= 0.6 is 39.1 Å². The lowest BCUT2D eigenvalue weighted by molar-refractivity contribution is 0.184. The van der Waals surface area contributed by atoms with Crippen LogP contribution in [0.3, 0.4) is 0 Å². The summed E-state index contributed by atoms with van der Waals surface area (Å²) in [4.78, 5) is 0. The molecule has 1 nitrogen and oxygen atoms in total. The van der Waals surface area contributed by atoms with E-state index in [0.29, 0.717) is 16.7 Å². The Labute approximate surface area is 89.7 Å². The smallest absolute Gasteiger partial charge is 0.0725 e. The quantitative estimate of drug-likeness (QED) is 0.740. The van der Waals surface area contributed by atoms with Gasteiger partial charge in [0.15, 0.2) is 0 Å². The predicted molar refractivity (Wildman–Crippen MR) is 54.9 cm³/mol. The Morgan fingerprint density at radius 3 is 2.67 bits per heavy atom. The van der Waals surface area contributed by atoms with Crippen molar-refractivity contribution in [2.45, 2.75) is 6.61 Å². The molecule has 0 bridgehead atoms. The van der Waals surface area contributed by atoms with Gasteiger partial charge in [-0.25, -0.2) is 0 Å². The molecule has 1 aromatic rings. The number of rotatable bonds is 2. The highest BCUT2D eigenvalue weighted by molar-refractivity contribution is 9.10. The summed E-state index contributed by atoms with van der Waals surface area (Å²) >= 11 is 15.0. The third kappa shape index (κ3) is 2.36. The number of ether oxygens (including phenoxy) is 1. The Morgan fingerprint density at radius 2 is 2.08 bits per heavy atom. The molecule has 12 heavy (non-hydrogen) atoms. The van der Waals surface area contributed by atoms with Gasteiger partial charge >= 0.3 is 0 Å². The zero-order valence-corrected chi connectivity index (χ0v) is 9.50. The minimum Gasteiger partial charge on any atom is -0.380 e. The fourth-order valence-electron chi connectivity index (χ4n) is 0.870. The molecule has 0 aliphatic heterocycles. The molecule has 0 spiro atoms. The first-order valence-electron chi connectivity index (χ1n) is 3.27. The largest absolute Gasteiger partial charge is 0.380 e. The zero-order valence-electron chi connectivity index (χ0n) is 6.40. The zero-order chi connectivity index (χ0) is 9.14. The summed E-state index contributed by atoms with van der Waals surface area (Å²) in [5, 5.41) is 1.23. The van der Waals surface area contributed by atoms with Gasteiger partial charge in [0, 0.05) is 16.6 Å². The molecule has 0 atom stereocenters. The maximum absolute atomic E-state index is 5.87. The van der Waals surface area contributed by atoms with Gasteiger partial charge in [-0.3, -0.25) is 0 Å². The highest BCUT2D eigenvalue weighted by Gasteiger charge is 2.05. The molecule has 0 aromatic heterocycles. The second kappa shape index (κ2) is 4.47. The van der Waals surface area contributed by atoms with Crippen molar-refractivity contribution in [2.75, 3.05) is 7.11 Å². The van der Waals surface area contributed by atoms with Gasteiger partial charge in [0.1, 0.15) is 0 Å².